The Bertz CT molecular complexity index is 2210. The lowest BCUT2D eigenvalue weighted by atomic mass is 9.83. The second-order valence-corrected chi connectivity index (χ2v) is 16.4. The smallest absolute Gasteiger partial charge is 0.160 e. The molecule has 6 heteroatoms. The summed E-state index contributed by atoms with van der Waals surface area (Å²) in [6, 6.07) is 50.7. The van der Waals surface area contributed by atoms with Gasteiger partial charge < -0.3 is 9.80 Å². The molecule has 0 atom stereocenters. The SMILES string of the molecule is CC1(C)N=C(c2ccc(-c3cc(-c4ccc(C5=NC(C)(C)C(C)(C)N5c5ccccc5)cc4)nc(-c4ccccc4)n3)cc2)N(c2ccccc2)C1(C)C. The van der Waals surface area contributed by atoms with Crippen LogP contribution in [0, 0.1) is 0 Å². The lowest BCUT2D eigenvalue weighted by Crippen LogP contribution is -2.53. The van der Waals surface area contributed by atoms with Gasteiger partial charge in [0.25, 0.3) is 0 Å². The number of amidine groups is 2. The van der Waals surface area contributed by atoms with Crippen LogP contribution in [0.1, 0.15) is 66.5 Å². The third-order valence-corrected chi connectivity index (χ3v) is 12.0. The van der Waals surface area contributed by atoms with Crippen LogP contribution in [0.5, 0.6) is 0 Å². The number of para-hydroxylation sites is 2. The Kier molecular flexibility index (Phi) is 8.41. The number of rotatable bonds is 7. The van der Waals surface area contributed by atoms with E-state index < -0.39 is 0 Å². The number of nitrogens with zero attached hydrogens (tertiary/aromatic N) is 6. The van der Waals surface area contributed by atoms with Crippen LogP contribution in [0.2, 0.25) is 0 Å². The Morgan fingerprint density at radius 1 is 0.370 bits per heavy atom. The molecule has 5 aromatic carbocycles. The molecule has 0 radical (unpaired) electrons. The van der Waals surface area contributed by atoms with Gasteiger partial charge >= 0.3 is 0 Å². The molecule has 3 heterocycles. The van der Waals surface area contributed by atoms with Crippen molar-refractivity contribution in [3.8, 4) is 33.9 Å². The number of aromatic nitrogens is 2. The minimum atomic E-state index is -0.283. The molecule has 0 saturated heterocycles. The quantitative estimate of drug-likeness (QED) is 0.166. The molecule has 8 rings (SSSR count). The highest BCUT2D eigenvalue weighted by Crippen LogP contribution is 2.44. The summed E-state index contributed by atoms with van der Waals surface area (Å²) in [6.45, 7) is 17.9. The average molecular weight is 709 g/mol. The summed E-state index contributed by atoms with van der Waals surface area (Å²) in [5.41, 5.74) is 8.13. The van der Waals surface area contributed by atoms with Crippen molar-refractivity contribution in [2.75, 3.05) is 9.80 Å². The number of hydrogen-bond donors (Lipinski definition) is 0. The first-order chi connectivity index (χ1) is 25.8. The van der Waals surface area contributed by atoms with Gasteiger partial charge in [-0.1, -0.05) is 115 Å². The second-order valence-electron chi connectivity index (χ2n) is 16.4. The average Bonchev–Trinajstić information content (AvgIpc) is 3.50. The number of benzene rings is 5. The van der Waals surface area contributed by atoms with Gasteiger partial charge in [-0.05, 0) is 85.7 Å². The van der Waals surface area contributed by atoms with Gasteiger partial charge in [-0.25, -0.2) is 9.97 Å². The first kappa shape index (κ1) is 35.2. The molecule has 6 nitrogen and oxygen atoms in total. The summed E-state index contributed by atoms with van der Waals surface area (Å²) in [6.07, 6.45) is 0. The van der Waals surface area contributed by atoms with Gasteiger partial charge in [0.05, 0.1) is 33.5 Å². The van der Waals surface area contributed by atoms with E-state index in [0.29, 0.717) is 5.82 Å². The maximum atomic E-state index is 5.29. The van der Waals surface area contributed by atoms with Crippen LogP contribution in [0.25, 0.3) is 33.9 Å². The van der Waals surface area contributed by atoms with Crippen LogP contribution in [-0.4, -0.2) is 43.8 Å². The zero-order valence-electron chi connectivity index (χ0n) is 32.5. The monoisotopic (exact) mass is 708 g/mol. The number of anilines is 2. The Balaban J connectivity index is 1.16. The van der Waals surface area contributed by atoms with E-state index in [0.717, 1.165) is 62.3 Å². The van der Waals surface area contributed by atoms with Crippen LogP contribution in [0.3, 0.4) is 0 Å². The molecular weight excluding hydrogens is 661 g/mol. The normalized spacial score (nSPS) is 18.0. The molecular formula is C48H48N6. The van der Waals surface area contributed by atoms with Crippen molar-refractivity contribution in [3.05, 3.63) is 157 Å². The van der Waals surface area contributed by atoms with Crippen molar-refractivity contribution < 1.29 is 0 Å². The molecule has 1 aromatic heterocycles. The van der Waals surface area contributed by atoms with E-state index >= 15 is 0 Å². The zero-order valence-corrected chi connectivity index (χ0v) is 32.5. The van der Waals surface area contributed by atoms with Gasteiger partial charge in [0.1, 0.15) is 11.7 Å². The molecule has 6 aromatic rings. The Labute approximate surface area is 320 Å². The summed E-state index contributed by atoms with van der Waals surface area (Å²) < 4.78 is 0. The van der Waals surface area contributed by atoms with Gasteiger partial charge in [-0.15, -0.1) is 0 Å². The van der Waals surface area contributed by atoms with Crippen LogP contribution >= 0.6 is 0 Å². The predicted molar refractivity (Wildman–Crippen MR) is 226 cm³/mol. The van der Waals surface area contributed by atoms with E-state index in [1.54, 1.807) is 0 Å². The molecule has 0 amide bonds. The second kappa shape index (κ2) is 12.9. The standard InChI is InChI=1S/C48H48N6/c1-45(2)47(5,6)53(38-20-14-10-15-21-38)43(51-45)36-28-24-33(25-29-36)40-32-41(50-42(49-40)35-18-12-9-13-19-35)34-26-30-37(31-27-34)44-52-46(3,4)48(7,8)54(44)39-22-16-11-17-23-39/h9-32H,1-8H3. The summed E-state index contributed by atoms with van der Waals surface area (Å²) >= 11 is 0. The van der Waals surface area contributed by atoms with E-state index in [-0.39, 0.29) is 22.2 Å². The van der Waals surface area contributed by atoms with E-state index in [9.17, 15) is 0 Å². The first-order valence-corrected chi connectivity index (χ1v) is 18.8. The van der Waals surface area contributed by atoms with E-state index in [1.807, 2.05) is 18.2 Å². The highest BCUT2D eigenvalue weighted by atomic mass is 15.3. The lowest BCUT2D eigenvalue weighted by molar-refractivity contribution is 0.338. The third kappa shape index (κ3) is 5.90. The highest BCUT2D eigenvalue weighted by molar-refractivity contribution is 6.14. The van der Waals surface area contributed by atoms with Crippen LogP contribution in [-0.2, 0) is 0 Å². The van der Waals surface area contributed by atoms with Gasteiger partial charge in [-0.2, -0.15) is 0 Å². The lowest BCUT2D eigenvalue weighted by Gasteiger charge is -2.41. The predicted octanol–water partition coefficient (Wildman–Crippen LogP) is 11.1. The largest absolute Gasteiger partial charge is 0.318 e. The molecule has 2 aliphatic rings. The van der Waals surface area contributed by atoms with Crippen LogP contribution in [0.4, 0.5) is 11.4 Å². The van der Waals surface area contributed by atoms with Gasteiger partial charge in [0.15, 0.2) is 5.82 Å². The molecule has 0 saturated carbocycles. The van der Waals surface area contributed by atoms with Crippen molar-refractivity contribution in [1.29, 1.82) is 0 Å². The molecule has 0 bridgehead atoms. The third-order valence-electron chi connectivity index (χ3n) is 12.0. The molecule has 0 N–H and O–H groups in total. The topological polar surface area (TPSA) is 57.0 Å². The Hall–Kier alpha value is -5.88. The van der Waals surface area contributed by atoms with Crippen LogP contribution < -0.4 is 9.80 Å². The molecule has 270 valence electrons. The van der Waals surface area contributed by atoms with Crippen molar-refractivity contribution >= 4 is 23.0 Å². The minimum Gasteiger partial charge on any atom is -0.318 e. The minimum absolute atomic E-state index is 0.222. The van der Waals surface area contributed by atoms with Crippen molar-refractivity contribution in [2.45, 2.75) is 77.5 Å². The molecule has 54 heavy (non-hydrogen) atoms. The number of hydrogen-bond acceptors (Lipinski definition) is 6. The van der Waals surface area contributed by atoms with Crippen molar-refractivity contribution in [1.82, 2.24) is 9.97 Å². The Morgan fingerprint density at radius 2 is 0.704 bits per heavy atom. The molecule has 0 fully saturated rings. The van der Waals surface area contributed by atoms with E-state index in [4.69, 9.17) is 20.0 Å². The van der Waals surface area contributed by atoms with Gasteiger partial charge in [0, 0.05) is 39.2 Å². The van der Waals surface area contributed by atoms with Gasteiger partial charge in [0.2, 0.25) is 0 Å². The zero-order chi connectivity index (χ0) is 37.9. The highest BCUT2D eigenvalue weighted by Gasteiger charge is 2.50. The fourth-order valence-corrected chi connectivity index (χ4v) is 7.45. The van der Waals surface area contributed by atoms with Crippen molar-refractivity contribution in [3.63, 3.8) is 0 Å². The summed E-state index contributed by atoms with van der Waals surface area (Å²) in [5.74, 6) is 2.63. The van der Waals surface area contributed by atoms with E-state index in [2.05, 4.69) is 193 Å². The number of aliphatic imine (C=N–C) groups is 2. The maximum Gasteiger partial charge on any atom is 0.160 e. The Morgan fingerprint density at radius 3 is 1.07 bits per heavy atom. The molecule has 0 unspecified atom stereocenters. The first-order valence-electron chi connectivity index (χ1n) is 18.8. The summed E-state index contributed by atoms with van der Waals surface area (Å²) in [4.78, 5) is 25.6. The summed E-state index contributed by atoms with van der Waals surface area (Å²) in [7, 11) is 0. The van der Waals surface area contributed by atoms with E-state index in [1.165, 1.54) is 0 Å². The van der Waals surface area contributed by atoms with Crippen LogP contribution in [0.15, 0.2) is 156 Å². The molecule has 0 spiro atoms. The van der Waals surface area contributed by atoms with Crippen molar-refractivity contribution in [2.24, 2.45) is 9.98 Å². The molecule has 2 aliphatic heterocycles. The fraction of sp³-hybridized carbons (Fsp3) is 0.250. The fourth-order valence-electron chi connectivity index (χ4n) is 7.45. The molecule has 0 aliphatic carbocycles. The summed E-state index contributed by atoms with van der Waals surface area (Å²) in [5, 5.41) is 0. The van der Waals surface area contributed by atoms with Gasteiger partial charge in [-0.3, -0.25) is 9.98 Å². The maximum absolute atomic E-state index is 5.29.